The van der Waals surface area contributed by atoms with Crippen LogP contribution < -0.4 is 0 Å². The summed E-state index contributed by atoms with van der Waals surface area (Å²) in [7, 11) is 1.99. The summed E-state index contributed by atoms with van der Waals surface area (Å²) in [4.78, 5) is 44.9. The molecule has 0 aromatic carbocycles. The first-order chi connectivity index (χ1) is 25.3. The summed E-state index contributed by atoms with van der Waals surface area (Å²) in [5, 5.41) is 0. The number of nitrogens with zero attached hydrogens (tertiary/aromatic N) is 4. The molecule has 5 aliphatic heterocycles. The molecule has 8 fully saturated rings. The van der Waals surface area contributed by atoms with E-state index in [2.05, 4.69) is 97.8 Å². The fourth-order valence-corrected chi connectivity index (χ4v) is 10.7. The summed E-state index contributed by atoms with van der Waals surface area (Å²) in [5.41, 5.74) is 0.829. The minimum absolute atomic E-state index is 0. The van der Waals surface area contributed by atoms with Crippen LogP contribution in [0.4, 0.5) is 0 Å². The van der Waals surface area contributed by atoms with Gasteiger partial charge >= 0.3 is 0 Å². The Balaban J connectivity index is 0.000000263. The average Bonchev–Trinajstić information content (AvgIpc) is 3.81. The largest absolute Gasteiger partial charge is 0.375 e. The quantitative estimate of drug-likeness (QED) is 0.276. The molecule has 0 aromatic rings. The van der Waals surface area contributed by atoms with Crippen LogP contribution in [0.15, 0.2) is 0 Å². The van der Waals surface area contributed by atoms with Gasteiger partial charge in [-0.2, -0.15) is 0 Å². The number of rotatable bonds is 5. The number of piperidine rings is 1. The van der Waals surface area contributed by atoms with E-state index in [0.29, 0.717) is 72.7 Å². The fraction of sp³-hybridized carbons (Fsp3) is 0.940. The van der Waals surface area contributed by atoms with Crippen molar-refractivity contribution in [1.29, 1.82) is 0 Å². The summed E-state index contributed by atoms with van der Waals surface area (Å²) in [6, 6.07) is 3.05. The lowest BCUT2D eigenvalue weighted by Gasteiger charge is -2.32. The van der Waals surface area contributed by atoms with Crippen molar-refractivity contribution in [2.45, 2.75) is 232 Å². The highest BCUT2D eigenvalue weighted by Gasteiger charge is 2.48. The maximum Gasteiger partial charge on any atom is 0.223 e. The van der Waals surface area contributed by atoms with Crippen LogP contribution in [-0.4, -0.2) is 107 Å². The predicted molar refractivity (Wildman–Crippen MR) is 245 cm³/mol. The van der Waals surface area contributed by atoms with E-state index in [0.717, 1.165) is 36.9 Å². The Morgan fingerprint density at radius 2 is 1.07 bits per heavy atom. The van der Waals surface area contributed by atoms with Gasteiger partial charge in [0.15, 0.2) is 0 Å². The second-order valence-corrected chi connectivity index (χ2v) is 24.1. The van der Waals surface area contributed by atoms with Gasteiger partial charge in [0.05, 0.1) is 12.7 Å². The molecule has 8 heteroatoms. The van der Waals surface area contributed by atoms with Gasteiger partial charge in [0.25, 0.3) is 0 Å². The number of hydrogen-bond donors (Lipinski definition) is 0. The Labute approximate surface area is 359 Å². The number of amides is 3. The van der Waals surface area contributed by atoms with E-state index in [4.69, 9.17) is 4.74 Å². The van der Waals surface area contributed by atoms with E-state index in [9.17, 15) is 14.4 Å². The van der Waals surface area contributed by atoms with E-state index < -0.39 is 0 Å². The van der Waals surface area contributed by atoms with Crippen molar-refractivity contribution in [1.82, 2.24) is 19.6 Å². The van der Waals surface area contributed by atoms with Crippen molar-refractivity contribution in [2.75, 3.05) is 33.3 Å². The number of ether oxygens (including phenoxy) is 1. The first kappa shape index (κ1) is 52.5. The Morgan fingerprint density at radius 3 is 1.47 bits per heavy atom. The summed E-state index contributed by atoms with van der Waals surface area (Å²) in [5.74, 6) is 3.84. The molecule has 3 amide bonds. The Kier molecular flexibility index (Phi) is 18.5. The number of morpholine rings is 1. The molecule has 5 heterocycles. The average molecular weight is 817 g/mol. The maximum atomic E-state index is 12.0. The van der Waals surface area contributed by atoms with Crippen molar-refractivity contribution >= 4 is 17.7 Å². The van der Waals surface area contributed by atoms with Crippen LogP contribution in [0.3, 0.4) is 0 Å². The van der Waals surface area contributed by atoms with Crippen LogP contribution in [0.2, 0.25) is 0 Å². The fourth-order valence-electron chi connectivity index (χ4n) is 10.7. The van der Waals surface area contributed by atoms with Crippen molar-refractivity contribution in [3.05, 3.63) is 0 Å². The maximum absolute atomic E-state index is 12.0. The lowest BCUT2D eigenvalue weighted by atomic mass is 9.91. The van der Waals surface area contributed by atoms with Crippen LogP contribution >= 0.6 is 0 Å². The van der Waals surface area contributed by atoms with Gasteiger partial charge in [0.1, 0.15) is 0 Å². The minimum atomic E-state index is 0. The topological polar surface area (TPSA) is 73.4 Å². The molecule has 0 N–H and O–H groups in total. The number of likely N-dealkylation sites (tertiary alicyclic amines) is 2. The highest BCUT2D eigenvalue weighted by Crippen LogP contribution is 2.53. The molecule has 8 aliphatic rings. The zero-order chi connectivity index (χ0) is 40.7. The first-order valence-electron chi connectivity index (χ1n) is 22.6. The van der Waals surface area contributed by atoms with Gasteiger partial charge in [-0.1, -0.05) is 105 Å². The number of carbonyl (C=O) groups excluding carboxylic acids is 3. The summed E-state index contributed by atoms with van der Waals surface area (Å²) >= 11 is 0. The summed E-state index contributed by atoms with van der Waals surface area (Å²) in [6.45, 7) is 30.5. The zero-order valence-electron chi connectivity index (χ0n) is 37.8. The highest BCUT2D eigenvalue weighted by molar-refractivity contribution is 5.78. The van der Waals surface area contributed by atoms with Gasteiger partial charge in [-0.25, -0.2) is 0 Å². The van der Waals surface area contributed by atoms with E-state index in [1.54, 1.807) is 0 Å². The van der Waals surface area contributed by atoms with Gasteiger partial charge < -0.3 is 19.4 Å². The van der Waals surface area contributed by atoms with Crippen LogP contribution in [0.1, 0.15) is 195 Å². The molecule has 0 aromatic heterocycles. The second kappa shape index (κ2) is 20.5. The van der Waals surface area contributed by atoms with E-state index in [1.165, 1.54) is 83.7 Å². The van der Waals surface area contributed by atoms with Crippen LogP contribution in [0.5, 0.6) is 0 Å². The molecule has 0 radical (unpaired) electrons. The molecule has 3 aliphatic carbocycles. The third-order valence-corrected chi connectivity index (χ3v) is 13.4. The molecule has 8 rings (SSSR count). The van der Waals surface area contributed by atoms with E-state index in [1.807, 2.05) is 11.9 Å². The van der Waals surface area contributed by atoms with Gasteiger partial charge in [0.2, 0.25) is 17.7 Å². The molecule has 8 nitrogen and oxygen atoms in total. The molecule has 6 atom stereocenters. The smallest absolute Gasteiger partial charge is 0.223 e. The molecule has 6 unspecified atom stereocenters. The van der Waals surface area contributed by atoms with Gasteiger partial charge in [-0.05, 0) is 110 Å². The van der Waals surface area contributed by atoms with Gasteiger partial charge in [-0.3, -0.25) is 19.3 Å². The summed E-state index contributed by atoms with van der Waals surface area (Å²) < 4.78 is 5.55. The van der Waals surface area contributed by atoms with Crippen molar-refractivity contribution in [3.63, 3.8) is 0 Å². The molecular formula is C50H96N4O4. The Bertz CT molecular complexity index is 1290. The normalized spacial score (nSPS) is 31.3. The molecule has 3 saturated carbocycles. The minimum Gasteiger partial charge on any atom is -0.375 e. The standard InChI is InChI=1S/C13H23NO.2C12H21NO.C10H19NO.3CH4/c1-13(2,3)8-12(15)14(4)11-6-9-5-10(9)7-11;1-12(2,3)7-11(14)13-8-9-4-5-10(13)6-9;1-12(2,3)8-11(14)13-9-4-5-10(13)7-6-9;1-10(2,3)7-11-5-9-4-8(11)6-12-9;;;/h9-11H,5-8H2,1-4H3;2*9-10H,4-8H2,1-3H3;8-9H,4-7H2,1-3H3;3*1H4. The lowest BCUT2D eigenvalue weighted by Crippen LogP contribution is -2.41. The van der Waals surface area contributed by atoms with Gasteiger partial charge in [-0.15, -0.1) is 0 Å². The van der Waals surface area contributed by atoms with Gasteiger partial charge in [0, 0.05) is 76.2 Å². The SMILES string of the molecule is C.C.C.CC(C)(C)CC(=O)N1C2CCC1CC2.CC(C)(C)CC(=O)N1CC2CCC1C2.CC(C)(C)CN1CC2CC1CO2.CN(C(=O)CC(C)(C)C)C1CC2CC2C1. The first-order valence-corrected chi connectivity index (χ1v) is 22.6. The molecule has 58 heavy (non-hydrogen) atoms. The monoisotopic (exact) mass is 817 g/mol. The molecular weight excluding hydrogens is 721 g/mol. The molecule has 5 saturated heterocycles. The van der Waals surface area contributed by atoms with Crippen molar-refractivity contribution in [3.8, 4) is 0 Å². The number of hydrogen-bond acceptors (Lipinski definition) is 5. The van der Waals surface area contributed by atoms with Crippen molar-refractivity contribution < 1.29 is 19.1 Å². The van der Waals surface area contributed by atoms with E-state index in [-0.39, 0.29) is 38.5 Å². The van der Waals surface area contributed by atoms with Crippen molar-refractivity contribution in [2.24, 2.45) is 39.4 Å². The van der Waals surface area contributed by atoms with Crippen LogP contribution in [0.25, 0.3) is 0 Å². The highest BCUT2D eigenvalue weighted by atomic mass is 16.5. The molecule has 0 spiro atoms. The third kappa shape index (κ3) is 15.4. The van der Waals surface area contributed by atoms with Crippen LogP contribution in [0, 0.1) is 39.4 Å². The number of carbonyl (C=O) groups is 3. The third-order valence-electron chi connectivity index (χ3n) is 13.4. The lowest BCUT2D eigenvalue weighted by molar-refractivity contribution is -0.135. The van der Waals surface area contributed by atoms with Crippen LogP contribution in [-0.2, 0) is 19.1 Å². The Hall–Kier alpha value is -1.67. The molecule has 340 valence electrons. The predicted octanol–water partition coefficient (Wildman–Crippen LogP) is 11.1. The number of fused-ring (bicyclic) bond motifs is 7. The summed E-state index contributed by atoms with van der Waals surface area (Å²) in [6.07, 6.45) is 16.7. The second-order valence-electron chi connectivity index (χ2n) is 24.1. The molecule has 6 bridgehead atoms. The zero-order valence-corrected chi connectivity index (χ0v) is 37.8. The Morgan fingerprint density at radius 1 is 0.569 bits per heavy atom. The van der Waals surface area contributed by atoms with E-state index >= 15 is 0 Å².